The number of carbonyl (C=O) groups is 2. The van der Waals surface area contributed by atoms with E-state index in [0.717, 1.165) is 33.2 Å². The standard InChI is InChI=1S/C30H27N3O4/c1-18-10-12-21(13-11-18)25-17-37-30-20(3)29(36-4)23(15-24(25)30)19(2)14-27(34)31-26-16-28(35)33(32-26)22-8-6-5-7-9-22/h5-15,17H,16H2,1-4H3,(H,31,32,34)/b19-14+. The van der Waals surface area contributed by atoms with Gasteiger partial charge in [0.25, 0.3) is 5.91 Å². The number of amidine groups is 1. The van der Waals surface area contributed by atoms with Crippen molar-refractivity contribution in [2.75, 3.05) is 12.1 Å². The molecule has 0 saturated heterocycles. The maximum Gasteiger partial charge on any atom is 0.255 e. The number of amides is 2. The topological polar surface area (TPSA) is 84.1 Å². The molecule has 0 spiro atoms. The van der Waals surface area contributed by atoms with Gasteiger partial charge in [0.15, 0.2) is 0 Å². The third-order valence-electron chi connectivity index (χ3n) is 6.43. The second-order valence-corrected chi connectivity index (χ2v) is 9.06. The molecular formula is C30H27N3O4. The molecule has 7 heteroatoms. The summed E-state index contributed by atoms with van der Waals surface area (Å²) in [6.07, 6.45) is 3.27. The van der Waals surface area contributed by atoms with Crippen molar-refractivity contribution in [2.24, 2.45) is 5.10 Å². The summed E-state index contributed by atoms with van der Waals surface area (Å²) in [7, 11) is 1.60. The minimum Gasteiger partial charge on any atom is -0.496 e. The molecule has 2 heterocycles. The zero-order valence-corrected chi connectivity index (χ0v) is 21.2. The van der Waals surface area contributed by atoms with Gasteiger partial charge in [0, 0.05) is 28.2 Å². The SMILES string of the molecule is COc1c(/C(C)=C/C(=O)NC2=NN(c3ccccc3)C(=O)C2)cc2c(-c3ccc(C)cc3)coc2c1C. The van der Waals surface area contributed by atoms with E-state index in [9.17, 15) is 9.59 Å². The Bertz CT molecular complexity index is 1560. The number of aryl methyl sites for hydroxylation is 2. The van der Waals surface area contributed by atoms with E-state index >= 15 is 0 Å². The Labute approximate surface area is 215 Å². The number of para-hydroxylation sites is 1. The van der Waals surface area contributed by atoms with E-state index < -0.39 is 0 Å². The average Bonchev–Trinajstić information content (AvgIpc) is 3.48. The van der Waals surface area contributed by atoms with Crippen LogP contribution in [0.1, 0.15) is 30.0 Å². The Morgan fingerprint density at radius 1 is 1.11 bits per heavy atom. The van der Waals surface area contributed by atoms with Gasteiger partial charge in [-0.05, 0) is 50.1 Å². The van der Waals surface area contributed by atoms with Crippen LogP contribution in [0, 0.1) is 13.8 Å². The highest BCUT2D eigenvalue weighted by Crippen LogP contribution is 2.40. The quantitative estimate of drug-likeness (QED) is 0.346. The van der Waals surface area contributed by atoms with Crippen LogP contribution in [0.2, 0.25) is 0 Å². The number of hydrazone groups is 1. The van der Waals surface area contributed by atoms with E-state index in [2.05, 4.69) is 41.6 Å². The first-order valence-corrected chi connectivity index (χ1v) is 12.0. The highest BCUT2D eigenvalue weighted by Gasteiger charge is 2.26. The third-order valence-corrected chi connectivity index (χ3v) is 6.43. The predicted octanol–water partition coefficient (Wildman–Crippen LogP) is 6.00. The summed E-state index contributed by atoms with van der Waals surface area (Å²) in [5.41, 5.74) is 6.94. The summed E-state index contributed by atoms with van der Waals surface area (Å²) >= 11 is 0. The number of rotatable bonds is 5. The minimum atomic E-state index is -0.371. The number of ether oxygens (including phenoxy) is 1. The number of nitrogens with zero attached hydrogens (tertiary/aromatic N) is 2. The zero-order valence-electron chi connectivity index (χ0n) is 21.2. The first kappa shape index (κ1) is 24.1. The number of allylic oxidation sites excluding steroid dienone is 1. The maximum absolute atomic E-state index is 12.9. The largest absolute Gasteiger partial charge is 0.496 e. The van der Waals surface area contributed by atoms with Crippen LogP contribution in [-0.2, 0) is 9.59 Å². The Hall–Kier alpha value is -4.65. The molecule has 7 nitrogen and oxygen atoms in total. The molecule has 5 rings (SSSR count). The summed E-state index contributed by atoms with van der Waals surface area (Å²) < 4.78 is 11.7. The average molecular weight is 494 g/mol. The van der Waals surface area contributed by atoms with Crippen LogP contribution < -0.4 is 15.1 Å². The molecule has 0 unspecified atom stereocenters. The van der Waals surface area contributed by atoms with E-state index in [0.29, 0.717) is 22.8 Å². The molecule has 0 bridgehead atoms. The molecule has 0 aliphatic carbocycles. The van der Waals surface area contributed by atoms with E-state index in [-0.39, 0.29) is 18.2 Å². The van der Waals surface area contributed by atoms with Gasteiger partial charge in [-0.25, -0.2) is 0 Å². The lowest BCUT2D eigenvalue weighted by Crippen LogP contribution is -2.28. The van der Waals surface area contributed by atoms with Gasteiger partial charge in [-0.3, -0.25) is 9.59 Å². The lowest BCUT2D eigenvalue weighted by Gasteiger charge is -2.13. The predicted molar refractivity (Wildman–Crippen MR) is 145 cm³/mol. The van der Waals surface area contributed by atoms with Crippen LogP contribution in [-0.4, -0.2) is 24.8 Å². The molecule has 2 amide bonds. The number of carbonyl (C=O) groups excluding carboxylic acids is 2. The Morgan fingerprint density at radius 2 is 1.84 bits per heavy atom. The third kappa shape index (κ3) is 4.63. The normalized spacial score (nSPS) is 13.7. The Kier molecular flexibility index (Phi) is 6.36. The number of hydrogen-bond donors (Lipinski definition) is 1. The Balaban J connectivity index is 1.45. The van der Waals surface area contributed by atoms with Gasteiger partial charge in [0.05, 0.1) is 25.5 Å². The number of hydrogen-bond acceptors (Lipinski definition) is 5. The number of fused-ring (bicyclic) bond motifs is 1. The molecule has 1 aliphatic rings. The van der Waals surface area contributed by atoms with Gasteiger partial charge in [0.2, 0.25) is 5.91 Å². The first-order valence-electron chi connectivity index (χ1n) is 12.0. The number of furan rings is 1. The molecule has 0 fully saturated rings. The van der Waals surface area contributed by atoms with Crippen molar-refractivity contribution in [3.63, 3.8) is 0 Å². The molecule has 0 radical (unpaired) electrons. The molecule has 1 N–H and O–H groups in total. The monoisotopic (exact) mass is 493 g/mol. The summed E-state index contributed by atoms with van der Waals surface area (Å²) in [6.45, 7) is 5.85. The molecular weight excluding hydrogens is 466 g/mol. The van der Waals surface area contributed by atoms with Gasteiger partial charge < -0.3 is 14.5 Å². The van der Waals surface area contributed by atoms with Crippen molar-refractivity contribution < 1.29 is 18.7 Å². The van der Waals surface area contributed by atoms with Crippen LogP contribution in [0.5, 0.6) is 5.75 Å². The number of anilines is 1. The molecule has 37 heavy (non-hydrogen) atoms. The smallest absolute Gasteiger partial charge is 0.255 e. The van der Waals surface area contributed by atoms with Gasteiger partial charge >= 0.3 is 0 Å². The van der Waals surface area contributed by atoms with Gasteiger partial charge in [-0.1, -0.05) is 48.0 Å². The summed E-state index contributed by atoms with van der Waals surface area (Å²) in [6, 6.07) is 19.4. The van der Waals surface area contributed by atoms with Gasteiger partial charge in [0.1, 0.15) is 17.2 Å². The van der Waals surface area contributed by atoms with Crippen molar-refractivity contribution in [1.29, 1.82) is 0 Å². The van der Waals surface area contributed by atoms with Crippen molar-refractivity contribution in [3.05, 3.63) is 89.7 Å². The second-order valence-electron chi connectivity index (χ2n) is 9.06. The number of nitrogens with one attached hydrogen (secondary N) is 1. The van der Waals surface area contributed by atoms with Crippen molar-refractivity contribution in [1.82, 2.24) is 5.32 Å². The Morgan fingerprint density at radius 3 is 2.54 bits per heavy atom. The molecule has 1 aliphatic heterocycles. The van der Waals surface area contributed by atoms with Crippen molar-refractivity contribution >= 4 is 39.9 Å². The van der Waals surface area contributed by atoms with Crippen LogP contribution in [0.15, 0.2) is 82.5 Å². The van der Waals surface area contributed by atoms with E-state index in [4.69, 9.17) is 9.15 Å². The van der Waals surface area contributed by atoms with Crippen LogP contribution in [0.25, 0.3) is 27.7 Å². The fourth-order valence-electron chi connectivity index (χ4n) is 4.55. The summed E-state index contributed by atoms with van der Waals surface area (Å²) in [5.74, 6) is 0.374. The van der Waals surface area contributed by atoms with Crippen molar-refractivity contribution in [2.45, 2.75) is 27.2 Å². The molecule has 186 valence electrons. The lowest BCUT2D eigenvalue weighted by atomic mass is 9.96. The second kappa shape index (κ2) is 9.78. The number of methoxy groups -OCH3 is 1. The molecule has 4 aromatic rings. The molecule has 0 saturated carbocycles. The van der Waals surface area contributed by atoms with Crippen LogP contribution in [0.3, 0.4) is 0 Å². The fourth-order valence-corrected chi connectivity index (χ4v) is 4.55. The fraction of sp³-hybridized carbons (Fsp3) is 0.167. The molecule has 1 aromatic heterocycles. The first-order chi connectivity index (χ1) is 17.9. The van der Waals surface area contributed by atoms with E-state index in [1.54, 1.807) is 25.5 Å². The van der Waals surface area contributed by atoms with E-state index in [1.807, 2.05) is 38.1 Å². The summed E-state index contributed by atoms with van der Waals surface area (Å²) in [5, 5.41) is 9.29. The maximum atomic E-state index is 12.9. The highest BCUT2D eigenvalue weighted by atomic mass is 16.5. The van der Waals surface area contributed by atoms with E-state index in [1.165, 1.54) is 16.6 Å². The highest BCUT2D eigenvalue weighted by molar-refractivity contribution is 6.17. The minimum absolute atomic E-state index is 0.0246. The van der Waals surface area contributed by atoms with Crippen molar-refractivity contribution in [3.8, 4) is 16.9 Å². The molecule has 0 atom stereocenters. The zero-order chi connectivity index (χ0) is 26.1. The van der Waals surface area contributed by atoms with Crippen LogP contribution in [0.4, 0.5) is 5.69 Å². The van der Waals surface area contributed by atoms with Crippen LogP contribution >= 0.6 is 0 Å². The molecule has 3 aromatic carbocycles. The summed E-state index contributed by atoms with van der Waals surface area (Å²) in [4.78, 5) is 25.3. The van der Waals surface area contributed by atoms with Gasteiger partial charge in [-0.15, -0.1) is 0 Å². The number of benzene rings is 3. The van der Waals surface area contributed by atoms with Gasteiger partial charge in [-0.2, -0.15) is 10.1 Å². The lowest BCUT2D eigenvalue weighted by molar-refractivity contribution is -0.116.